The van der Waals surface area contributed by atoms with E-state index in [9.17, 15) is 10.2 Å². The van der Waals surface area contributed by atoms with Crippen molar-refractivity contribution < 1.29 is 10.2 Å². The number of thiophene rings is 1. The summed E-state index contributed by atoms with van der Waals surface area (Å²) in [4.78, 5) is 8.99. The molecule has 0 unspecified atom stereocenters. The lowest BCUT2D eigenvalue weighted by Gasteiger charge is -2.33. The molecule has 2 N–H and O–H groups in total. The first-order valence-electron chi connectivity index (χ1n) is 9.04. The third kappa shape index (κ3) is 4.95. The third-order valence-electron chi connectivity index (χ3n) is 4.73. The van der Waals surface area contributed by atoms with Crippen molar-refractivity contribution in [1.29, 1.82) is 0 Å². The van der Waals surface area contributed by atoms with Gasteiger partial charge in [0, 0.05) is 30.9 Å². The number of aliphatic hydroxyl groups excluding tert-OH is 1. The van der Waals surface area contributed by atoms with Crippen LogP contribution in [0, 0.1) is 17.8 Å². The van der Waals surface area contributed by atoms with E-state index < -0.39 is 11.7 Å². The molecular formula is C20H27N3O2S. The molecule has 1 aliphatic heterocycles. The lowest BCUT2D eigenvalue weighted by atomic mass is 9.90. The lowest BCUT2D eigenvalue weighted by molar-refractivity contribution is 0.0494. The highest BCUT2D eigenvalue weighted by molar-refractivity contribution is 7.12. The normalized spacial score (nSPS) is 17.7. The molecule has 1 saturated heterocycles. The van der Waals surface area contributed by atoms with Crippen molar-refractivity contribution in [1.82, 2.24) is 14.5 Å². The number of rotatable bonds is 4. The monoisotopic (exact) mass is 373 g/mol. The Morgan fingerprint density at radius 2 is 2.08 bits per heavy atom. The summed E-state index contributed by atoms with van der Waals surface area (Å²) in [7, 11) is 1.93. The van der Waals surface area contributed by atoms with Gasteiger partial charge in [-0.2, -0.15) is 0 Å². The summed E-state index contributed by atoms with van der Waals surface area (Å²) < 4.78 is 1.90. The zero-order valence-corrected chi connectivity index (χ0v) is 16.5. The van der Waals surface area contributed by atoms with Crippen LogP contribution >= 0.6 is 11.3 Å². The van der Waals surface area contributed by atoms with Crippen LogP contribution in [0.3, 0.4) is 0 Å². The van der Waals surface area contributed by atoms with Crippen LogP contribution < -0.4 is 0 Å². The number of imidazole rings is 1. The molecule has 0 aromatic carbocycles. The Balaban J connectivity index is 1.52. The molecule has 1 fully saturated rings. The highest BCUT2D eigenvalue weighted by Crippen LogP contribution is 2.30. The molecule has 2 aromatic heterocycles. The Labute approximate surface area is 159 Å². The second kappa shape index (κ2) is 7.93. The fourth-order valence-corrected chi connectivity index (χ4v) is 4.17. The zero-order chi connectivity index (χ0) is 18.7. The molecular weight excluding hydrogens is 346 g/mol. The van der Waals surface area contributed by atoms with Gasteiger partial charge in [-0.25, -0.2) is 4.98 Å². The van der Waals surface area contributed by atoms with Crippen LogP contribution in [0.2, 0.25) is 0 Å². The summed E-state index contributed by atoms with van der Waals surface area (Å²) in [6.07, 6.45) is 5.09. The lowest BCUT2D eigenvalue weighted by Crippen LogP contribution is -2.35. The van der Waals surface area contributed by atoms with Crippen molar-refractivity contribution >= 4 is 11.3 Å². The smallest absolute Gasteiger partial charge is 0.137 e. The van der Waals surface area contributed by atoms with Gasteiger partial charge in [-0.1, -0.05) is 11.8 Å². The number of piperidine rings is 1. The molecule has 0 spiro atoms. The third-order valence-corrected chi connectivity index (χ3v) is 5.72. The van der Waals surface area contributed by atoms with E-state index in [2.05, 4.69) is 27.8 Å². The van der Waals surface area contributed by atoms with Gasteiger partial charge >= 0.3 is 0 Å². The minimum atomic E-state index is -0.958. The van der Waals surface area contributed by atoms with Crippen molar-refractivity contribution in [2.75, 3.05) is 13.1 Å². The highest BCUT2D eigenvalue weighted by Gasteiger charge is 2.28. The maximum atomic E-state index is 10.6. The molecule has 0 radical (unpaired) electrons. The Kier molecular flexibility index (Phi) is 5.83. The molecule has 0 bridgehead atoms. The molecule has 3 heterocycles. The average Bonchev–Trinajstić information content (AvgIpc) is 3.21. The Bertz CT molecular complexity index is 786. The van der Waals surface area contributed by atoms with Gasteiger partial charge < -0.3 is 14.8 Å². The predicted molar refractivity (Wildman–Crippen MR) is 104 cm³/mol. The highest BCUT2D eigenvalue weighted by atomic mass is 32.1. The van der Waals surface area contributed by atoms with Crippen molar-refractivity contribution in [2.24, 2.45) is 13.0 Å². The quantitative estimate of drug-likeness (QED) is 0.809. The van der Waals surface area contributed by atoms with Crippen molar-refractivity contribution in [3.8, 4) is 11.8 Å². The predicted octanol–water partition coefficient (Wildman–Crippen LogP) is 2.55. The topological polar surface area (TPSA) is 61.5 Å². The van der Waals surface area contributed by atoms with Crippen molar-refractivity contribution in [3.05, 3.63) is 40.1 Å². The van der Waals surface area contributed by atoms with Gasteiger partial charge in [0.15, 0.2) is 0 Å². The zero-order valence-electron chi connectivity index (χ0n) is 15.6. The number of hydrogen-bond donors (Lipinski definition) is 2. The van der Waals surface area contributed by atoms with E-state index in [0.29, 0.717) is 0 Å². The fourth-order valence-electron chi connectivity index (χ4n) is 3.26. The van der Waals surface area contributed by atoms with Gasteiger partial charge in [0.2, 0.25) is 0 Å². The van der Waals surface area contributed by atoms with E-state index in [4.69, 9.17) is 0 Å². The largest absolute Gasteiger partial charge is 0.385 e. The van der Waals surface area contributed by atoms with Gasteiger partial charge in [0.05, 0.1) is 4.88 Å². The molecule has 3 rings (SSSR count). The summed E-state index contributed by atoms with van der Waals surface area (Å²) in [5.41, 5.74) is -0.958. The molecule has 26 heavy (non-hydrogen) atoms. The summed E-state index contributed by atoms with van der Waals surface area (Å²) in [6.45, 7) is 6.26. The molecule has 0 aliphatic carbocycles. The maximum absolute atomic E-state index is 10.6. The summed E-state index contributed by atoms with van der Waals surface area (Å²) >= 11 is 1.69. The van der Waals surface area contributed by atoms with Gasteiger partial charge in [-0.05, 0) is 57.8 Å². The molecule has 5 nitrogen and oxygen atoms in total. The first kappa shape index (κ1) is 19.1. The number of aromatic nitrogens is 2. The number of aryl methyl sites for hydroxylation is 1. The molecule has 2 aromatic rings. The van der Waals surface area contributed by atoms with E-state index in [1.54, 1.807) is 31.4 Å². The van der Waals surface area contributed by atoms with Gasteiger partial charge in [-0.3, -0.25) is 4.90 Å². The van der Waals surface area contributed by atoms with E-state index in [1.807, 2.05) is 23.9 Å². The van der Waals surface area contributed by atoms with Crippen molar-refractivity contribution in [3.63, 3.8) is 0 Å². The number of hydrogen-bond acceptors (Lipinski definition) is 5. The molecule has 1 atom stereocenters. The van der Waals surface area contributed by atoms with Crippen LogP contribution in [0.4, 0.5) is 0 Å². The maximum Gasteiger partial charge on any atom is 0.137 e. The van der Waals surface area contributed by atoms with Crippen LogP contribution in [-0.4, -0.2) is 43.4 Å². The summed E-state index contributed by atoms with van der Waals surface area (Å²) in [5.74, 6) is 6.93. The summed E-state index contributed by atoms with van der Waals surface area (Å²) in [5, 5.41) is 20.3. The first-order chi connectivity index (χ1) is 12.3. The van der Waals surface area contributed by atoms with E-state index in [1.165, 1.54) is 4.88 Å². The first-order valence-corrected chi connectivity index (χ1v) is 9.85. The summed E-state index contributed by atoms with van der Waals surface area (Å²) in [6, 6.07) is 4.14. The standard InChI is InChI=1S/C20H27N3O2S/c1-20(2,25)9-6-16-4-5-17(26-16)14-23-11-7-15(8-12-23)18(24)19-21-10-13-22(19)3/h4-5,10,13,15,18,24-25H,7-8,11-12,14H2,1-3H3/t18-/m1/s1. The number of likely N-dealkylation sites (tertiary alicyclic amines) is 1. The van der Waals surface area contributed by atoms with E-state index in [0.717, 1.165) is 43.2 Å². The van der Waals surface area contributed by atoms with Gasteiger partial charge in [0.25, 0.3) is 0 Å². The van der Waals surface area contributed by atoms with E-state index >= 15 is 0 Å². The molecule has 6 heteroatoms. The SMILES string of the molecule is Cn1ccnc1[C@H](O)C1CCN(Cc2ccc(C#CC(C)(C)O)s2)CC1. The Morgan fingerprint density at radius 1 is 1.35 bits per heavy atom. The van der Waals surface area contributed by atoms with Gasteiger partial charge in [-0.15, -0.1) is 11.3 Å². The van der Waals surface area contributed by atoms with Crippen molar-refractivity contribution in [2.45, 2.75) is 44.9 Å². The number of aliphatic hydroxyl groups is 2. The van der Waals surface area contributed by atoms with Crippen LogP contribution in [0.5, 0.6) is 0 Å². The molecule has 140 valence electrons. The second-order valence-corrected chi connectivity index (χ2v) is 8.70. The van der Waals surface area contributed by atoms with E-state index in [-0.39, 0.29) is 5.92 Å². The molecule has 0 amide bonds. The Morgan fingerprint density at radius 3 is 2.69 bits per heavy atom. The van der Waals surface area contributed by atoms with Crippen LogP contribution in [0.15, 0.2) is 24.5 Å². The Hall–Kier alpha value is -1.65. The average molecular weight is 374 g/mol. The number of nitrogens with zero attached hydrogens (tertiary/aromatic N) is 3. The fraction of sp³-hybridized carbons (Fsp3) is 0.550. The molecule has 1 aliphatic rings. The minimum Gasteiger partial charge on any atom is -0.385 e. The van der Waals surface area contributed by atoms with Crippen LogP contribution in [-0.2, 0) is 13.6 Å². The van der Waals surface area contributed by atoms with Crippen LogP contribution in [0.25, 0.3) is 0 Å². The molecule has 0 saturated carbocycles. The van der Waals surface area contributed by atoms with Gasteiger partial charge in [0.1, 0.15) is 17.5 Å². The minimum absolute atomic E-state index is 0.267. The van der Waals surface area contributed by atoms with Crippen LogP contribution in [0.1, 0.15) is 48.4 Å². The second-order valence-electron chi connectivity index (χ2n) is 7.53.